The Balaban J connectivity index is 2.67. The quantitative estimate of drug-likeness (QED) is 0.279. The Morgan fingerprint density at radius 3 is 2.04 bits per heavy atom. The summed E-state index contributed by atoms with van der Waals surface area (Å²) in [4.78, 5) is 16.6. The van der Waals surface area contributed by atoms with Gasteiger partial charge in [-0.3, -0.25) is 0 Å². The predicted molar refractivity (Wildman–Crippen MR) is 97.5 cm³/mol. The second kappa shape index (κ2) is 8.70. The number of rotatable bonds is 4. The van der Waals surface area contributed by atoms with E-state index in [1.165, 1.54) is 18.9 Å². The fraction of sp³-hybridized carbons (Fsp3) is 0.105. The molecule has 0 heterocycles. The fourth-order valence-corrected chi connectivity index (χ4v) is 2.62. The number of nitrogens with zero attached hydrogens (tertiary/aromatic N) is 2. The highest BCUT2D eigenvalue weighted by molar-refractivity contribution is 8.13. The number of nitriles is 1. The predicted octanol–water partition coefficient (Wildman–Crippen LogP) is 3.90. The van der Waals surface area contributed by atoms with Crippen LogP contribution in [0.2, 0.25) is 0 Å². The van der Waals surface area contributed by atoms with E-state index in [4.69, 9.17) is 4.74 Å². The van der Waals surface area contributed by atoms with Crippen LogP contribution >= 0.6 is 11.8 Å². The molecule has 0 radical (unpaired) electrons. The minimum absolute atomic E-state index is 0.119. The van der Waals surface area contributed by atoms with Crippen molar-refractivity contribution in [3.05, 3.63) is 77.4 Å². The van der Waals surface area contributed by atoms with E-state index in [1.807, 2.05) is 73.0 Å². The van der Waals surface area contributed by atoms with Gasteiger partial charge in [-0.2, -0.15) is 5.26 Å². The third kappa shape index (κ3) is 4.12. The molecule has 4 nitrogen and oxygen atoms in total. The summed E-state index contributed by atoms with van der Waals surface area (Å²) in [5, 5.41) is 10.1. The molecule has 0 aliphatic heterocycles. The number of carbonyl (C=O) groups excluding carboxylic acids is 1. The largest absolute Gasteiger partial charge is 0.465 e. The summed E-state index contributed by atoms with van der Waals surface area (Å²) in [6.07, 6.45) is 1.90. The molecule has 2 rings (SSSR count). The van der Waals surface area contributed by atoms with Gasteiger partial charge in [0.1, 0.15) is 11.1 Å². The van der Waals surface area contributed by atoms with Crippen LogP contribution in [-0.2, 0) is 9.53 Å². The van der Waals surface area contributed by atoms with Gasteiger partial charge in [0.15, 0.2) is 5.57 Å². The van der Waals surface area contributed by atoms with Gasteiger partial charge >= 0.3 is 5.97 Å². The lowest BCUT2D eigenvalue weighted by molar-refractivity contribution is -0.135. The monoisotopic (exact) mass is 336 g/mol. The van der Waals surface area contributed by atoms with E-state index >= 15 is 0 Å². The van der Waals surface area contributed by atoms with Crippen LogP contribution in [0.5, 0.6) is 0 Å². The number of aliphatic imine (C=N–C) groups is 1. The lowest BCUT2D eigenvalue weighted by Gasteiger charge is -2.09. The minimum atomic E-state index is -0.700. The highest BCUT2D eigenvalue weighted by Crippen LogP contribution is 2.24. The Bertz CT molecular complexity index is 806. The number of esters is 1. The first-order valence-corrected chi connectivity index (χ1v) is 8.40. The van der Waals surface area contributed by atoms with Crippen molar-refractivity contribution >= 4 is 28.5 Å². The first-order chi connectivity index (χ1) is 11.7. The van der Waals surface area contributed by atoms with Gasteiger partial charge in [0.25, 0.3) is 0 Å². The SMILES string of the molecule is COC(=O)/C(C#N)=C(\N=C(SC)c1ccccc1)c1ccccc1. The molecule has 0 atom stereocenters. The van der Waals surface area contributed by atoms with E-state index in [1.54, 1.807) is 0 Å². The average molecular weight is 336 g/mol. The second-order valence-electron chi connectivity index (χ2n) is 4.68. The van der Waals surface area contributed by atoms with Gasteiger partial charge in [-0.25, -0.2) is 9.79 Å². The van der Waals surface area contributed by atoms with E-state index in [9.17, 15) is 10.1 Å². The number of methoxy groups -OCH3 is 1. The topological polar surface area (TPSA) is 62.5 Å². The van der Waals surface area contributed by atoms with Crippen LogP contribution in [0.25, 0.3) is 5.70 Å². The van der Waals surface area contributed by atoms with Crippen molar-refractivity contribution in [1.82, 2.24) is 0 Å². The Hall–Kier alpha value is -2.84. The zero-order chi connectivity index (χ0) is 17.4. The molecule has 0 bridgehead atoms. The van der Waals surface area contributed by atoms with Crippen LogP contribution in [0.3, 0.4) is 0 Å². The molecule has 0 saturated heterocycles. The number of hydrogen-bond donors (Lipinski definition) is 0. The van der Waals surface area contributed by atoms with Crippen molar-refractivity contribution in [3.8, 4) is 6.07 Å². The number of ether oxygens (including phenoxy) is 1. The van der Waals surface area contributed by atoms with Crippen LogP contribution in [0.1, 0.15) is 11.1 Å². The van der Waals surface area contributed by atoms with Gasteiger partial charge in [-0.15, -0.1) is 11.8 Å². The summed E-state index contributed by atoms with van der Waals surface area (Å²) in [5.41, 5.74) is 1.78. The highest BCUT2D eigenvalue weighted by atomic mass is 32.2. The summed E-state index contributed by atoms with van der Waals surface area (Å²) < 4.78 is 4.73. The molecule has 0 aliphatic carbocycles. The molecule has 0 N–H and O–H groups in total. The Morgan fingerprint density at radius 2 is 1.58 bits per heavy atom. The minimum Gasteiger partial charge on any atom is -0.465 e. The van der Waals surface area contributed by atoms with Crippen LogP contribution in [0.4, 0.5) is 0 Å². The van der Waals surface area contributed by atoms with Crippen LogP contribution in [0, 0.1) is 11.3 Å². The maximum atomic E-state index is 12.0. The first kappa shape index (κ1) is 17.5. The maximum Gasteiger partial charge on any atom is 0.350 e. The van der Waals surface area contributed by atoms with Gasteiger partial charge in [0.2, 0.25) is 0 Å². The Morgan fingerprint density at radius 1 is 1.04 bits per heavy atom. The van der Waals surface area contributed by atoms with Crippen molar-refractivity contribution in [2.24, 2.45) is 4.99 Å². The standard InChI is InChI=1S/C19H16N2O2S/c1-23-19(22)16(13-20)17(14-9-5-3-6-10-14)21-18(24-2)15-11-7-4-8-12-15/h3-12H,1-2H3/b17-16-,21-18?. The molecule has 0 amide bonds. The molecule has 24 heavy (non-hydrogen) atoms. The smallest absolute Gasteiger partial charge is 0.350 e. The number of carbonyl (C=O) groups is 1. The van der Waals surface area contributed by atoms with E-state index < -0.39 is 5.97 Å². The molecular weight excluding hydrogens is 320 g/mol. The van der Waals surface area contributed by atoms with E-state index in [0.29, 0.717) is 16.3 Å². The van der Waals surface area contributed by atoms with Crippen molar-refractivity contribution < 1.29 is 9.53 Å². The molecule has 5 heteroatoms. The molecule has 0 unspecified atom stereocenters. The summed E-state index contributed by atoms with van der Waals surface area (Å²) >= 11 is 1.45. The Labute approximate surface area is 145 Å². The number of hydrogen-bond acceptors (Lipinski definition) is 5. The van der Waals surface area contributed by atoms with Gasteiger partial charge in [0.05, 0.1) is 12.8 Å². The number of benzene rings is 2. The van der Waals surface area contributed by atoms with Gasteiger partial charge in [0, 0.05) is 11.1 Å². The van der Waals surface area contributed by atoms with Crippen LogP contribution in [0.15, 0.2) is 71.2 Å². The summed E-state index contributed by atoms with van der Waals surface area (Å²) in [7, 11) is 1.25. The zero-order valence-electron chi connectivity index (χ0n) is 13.4. The second-order valence-corrected chi connectivity index (χ2v) is 5.48. The lowest BCUT2D eigenvalue weighted by atomic mass is 10.1. The van der Waals surface area contributed by atoms with E-state index in [-0.39, 0.29) is 5.57 Å². The highest BCUT2D eigenvalue weighted by Gasteiger charge is 2.18. The van der Waals surface area contributed by atoms with Crippen molar-refractivity contribution in [1.29, 1.82) is 5.26 Å². The van der Waals surface area contributed by atoms with Crippen LogP contribution in [-0.4, -0.2) is 24.4 Å². The van der Waals surface area contributed by atoms with Gasteiger partial charge < -0.3 is 4.74 Å². The Kier molecular flexibility index (Phi) is 6.35. The van der Waals surface area contributed by atoms with Gasteiger partial charge in [-0.1, -0.05) is 60.7 Å². The molecular formula is C19H16N2O2S. The molecule has 0 spiro atoms. The van der Waals surface area contributed by atoms with Crippen LogP contribution < -0.4 is 0 Å². The third-order valence-corrected chi connectivity index (χ3v) is 3.93. The molecule has 0 aromatic heterocycles. The summed E-state index contributed by atoms with van der Waals surface area (Å²) in [6, 6.07) is 20.7. The molecule has 0 aliphatic rings. The zero-order valence-corrected chi connectivity index (χ0v) is 14.2. The fourth-order valence-electron chi connectivity index (χ4n) is 2.07. The normalized spacial score (nSPS) is 12.1. The lowest BCUT2D eigenvalue weighted by Crippen LogP contribution is -2.07. The first-order valence-electron chi connectivity index (χ1n) is 7.17. The number of thioether (sulfide) groups is 1. The van der Waals surface area contributed by atoms with Crippen molar-refractivity contribution in [2.45, 2.75) is 0 Å². The maximum absolute atomic E-state index is 12.0. The van der Waals surface area contributed by atoms with E-state index in [2.05, 4.69) is 4.99 Å². The average Bonchev–Trinajstić information content (AvgIpc) is 2.66. The molecule has 0 fully saturated rings. The molecule has 2 aromatic rings. The van der Waals surface area contributed by atoms with E-state index in [0.717, 1.165) is 5.56 Å². The summed E-state index contributed by atoms with van der Waals surface area (Å²) in [6.45, 7) is 0. The molecule has 0 saturated carbocycles. The summed E-state index contributed by atoms with van der Waals surface area (Å²) in [5.74, 6) is -0.700. The van der Waals surface area contributed by atoms with Gasteiger partial charge in [-0.05, 0) is 6.26 Å². The molecule has 2 aromatic carbocycles. The molecule has 120 valence electrons. The third-order valence-electron chi connectivity index (χ3n) is 3.21. The van der Waals surface area contributed by atoms with Crippen molar-refractivity contribution in [3.63, 3.8) is 0 Å². The van der Waals surface area contributed by atoms with Crippen molar-refractivity contribution in [2.75, 3.05) is 13.4 Å².